The van der Waals surface area contributed by atoms with Crippen molar-refractivity contribution in [3.63, 3.8) is 0 Å². The molecule has 0 spiro atoms. The minimum absolute atomic E-state index is 0.0597. The van der Waals surface area contributed by atoms with E-state index in [-0.39, 0.29) is 23.9 Å². The lowest BCUT2D eigenvalue weighted by atomic mass is 10.1. The SMILES string of the molecule is CCS(=O)(=O)CCCOc1c(F)cccc1CCN. The van der Waals surface area contributed by atoms with Gasteiger partial charge in [-0.15, -0.1) is 0 Å². The summed E-state index contributed by atoms with van der Waals surface area (Å²) >= 11 is 0. The van der Waals surface area contributed by atoms with Gasteiger partial charge in [0.2, 0.25) is 0 Å². The van der Waals surface area contributed by atoms with Gasteiger partial charge in [-0.1, -0.05) is 19.1 Å². The van der Waals surface area contributed by atoms with Crippen LogP contribution in [0, 0.1) is 5.82 Å². The molecule has 0 saturated carbocycles. The number of ether oxygens (including phenoxy) is 1. The van der Waals surface area contributed by atoms with Gasteiger partial charge in [-0.2, -0.15) is 0 Å². The fourth-order valence-electron chi connectivity index (χ4n) is 1.66. The maximum atomic E-state index is 13.6. The Morgan fingerprint density at radius 2 is 2.11 bits per heavy atom. The Morgan fingerprint density at radius 1 is 1.37 bits per heavy atom. The number of para-hydroxylation sites is 1. The highest BCUT2D eigenvalue weighted by Crippen LogP contribution is 2.23. The molecule has 0 aliphatic heterocycles. The molecule has 1 rings (SSSR count). The van der Waals surface area contributed by atoms with Gasteiger partial charge in [0.1, 0.15) is 9.84 Å². The lowest BCUT2D eigenvalue weighted by Crippen LogP contribution is -2.13. The number of halogens is 1. The van der Waals surface area contributed by atoms with E-state index in [0.717, 1.165) is 0 Å². The minimum Gasteiger partial charge on any atom is -0.490 e. The van der Waals surface area contributed by atoms with Crippen molar-refractivity contribution in [2.24, 2.45) is 5.73 Å². The fraction of sp³-hybridized carbons (Fsp3) is 0.538. The highest BCUT2D eigenvalue weighted by Gasteiger charge is 2.11. The Kier molecular flexibility index (Phi) is 6.24. The molecule has 0 heterocycles. The quantitative estimate of drug-likeness (QED) is 0.737. The van der Waals surface area contributed by atoms with Crippen LogP contribution >= 0.6 is 0 Å². The zero-order chi connectivity index (χ0) is 14.3. The lowest BCUT2D eigenvalue weighted by Gasteiger charge is -2.11. The number of hydrogen-bond acceptors (Lipinski definition) is 4. The fourth-order valence-corrected chi connectivity index (χ4v) is 2.51. The van der Waals surface area contributed by atoms with Crippen LogP contribution in [0.4, 0.5) is 4.39 Å². The van der Waals surface area contributed by atoms with E-state index in [1.165, 1.54) is 6.07 Å². The summed E-state index contributed by atoms with van der Waals surface area (Å²) in [5.41, 5.74) is 6.16. The molecule has 0 bridgehead atoms. The van der Waals surface area contributed by atoms with Gasteiger partial charge in [-0.05, 0) is 31.0 Å². The molecule has 0 saturated heterocycles. The van der Waals surface area contributed by atoms with Crippen LogP contribution in [0.25, 0.3) is 0 Å². The molecule has 0 aliphatic carbocycles. The van der Waals surface area contributed by atoms with Crippen molar-refractivity contribution in [3.05, 3.63) is 29.6 Å². The summed E-state index contributed by atoms with van der Waals surface area (Å²) in [6.45, 7) is 2.19. The molecule has 0 aliphatic rings. The summed E-state index contributed by atoms with van der Waals surface area (Å²) < 4.78 is 41.6. The first-order chi connectivity index (χ1) is 9.00. The molecule has 0 fully saturated rings. The van der Waals surface area contributed by atoms with Crippen LogP contribution < -0.4 is 10.5 Å². The van der Waals surface area contributed by atoms with E-state index in [0.29, 0.717) is 24.9 Å². The first-order valence-electron chi connectivity index (χ1n) is 6.31. The average molecular weight is 289 g/mol. The van der Waals surface area contributed by atoms with Crippen molar-refractivity contribution < 1.29 is 17.5 Å². The van der Waals surface area contributed by atoms with Crippen LogP contribution in [-0.2, 0) is 16.3 Å². The molecule has 0 aromatic heterocycles. The largest absolute Gasteiger partial charge is 0.490 e. The first-order valence-corrected chi connectivity index (χ1v) is 8.13. The predicted molar refractivity (Wildman–Crippen MR) is 73.6 cm³/mol. The van der Waals surface area contributed by atoms with Crippen molar-refractivity contribution in [2.45, 2.75) is 19.8 Å². The average Bonchev–Trinajstić information content (AvgIpc) is 2.37. The summed E-state index contributed by atoms with van der Waals surface area (Å²) in [5, 5.41) is 0. The van der Waals surface area contributed by atoms with E-state index in [1.54, 1.807) is 19.1 Å². The molecule has 0 radical (unpaired) electrons. The lowest BCUT2D eigenvalue weighted by molar-refractivity contribution is 0.298. The Bertz CT molecular complexity index is 503. The summed E-state index contributed by atoms with van der Waals surface area (Å²) in [4.78, 5) is 0. The highest BCUT2D eigenvalue weighted by molar-refractivity contribution is 7.91. The summed E-state index contributed by atoms with van der Waals surface area (Å²) in [7, 11) is -3.00. The highest BCUT2D eigenvalue weighted by atomic mass is 32.2. The van der Waals surface area contributed by atoms with Gasteiger partial charge in [-0.25, -0.2) is 12.8 Å². The van der Waals surface area contributed by atoms with Crippen molar-refractivity contribution in [2.75, 3.05) is 24.7 Å². The van der Waals surface area contributed by atoms with E-state index in [2.05, 4.69) is 0 Å². The van der Waals surface area contributed by atoms with Crippen molar-refractivity contribution >= 4 is 9.84 Å². The van der Waals surface area contributed by atoms with Crippen LogP contribution in [-0.4, -0.2) is 33.1 Å². The number of rotatable bonds is 8. The number of hydrogen-bond donors (Lipinski definition) is 1. The van der Waals surface area contributed by atoms with Gasteiger partial charge in [0.15, 0.2) is 11.6 Å². The Morgan fingerprint density at radius 3 is 2.74 bits per heavy atom. The van der Waals surface area contributed by atoms with Gasteiger partial charge in [0, 0.05) is 5.75 Å². The minimum atomic E-state index is -3.00. The molecular formula is C13H20FNO3S. The second-order valence-corrected chi connectivity index (χ2v) is 6.68. The molecule has 1 aromatic rings. The van der Waals surface area contributed by atoms with E-state index in [9.17, 15) is 12.8 Å². The normalized spacial score (nSPS) is 11.5. The van der Waals surface area contributed by atoms with Crippen molar-refractivity contribution in [3.8, 4) is 5.75 Å². The molecule has 4 nitrogen and oxygen atoms in total. The van der Waals surface area contributed by atoms with Crippen LogP contribution in [0.1, 0.15) is 18.9 Å². The van der Waals surface area contributed by atoms with Gasteiger partial charge < -0.3 is 10.5 Å². The van der Waals surface area contributed by atoms with Crippen LogP contribution in [0.15, 0.2) is 18.2 Å². The van der Waals surface area contributed by atoms with Gasteiger partial charge in [-0.3, -0.25) is 0 Å². The monoisotopic (exact) mass is 289 g/mol. The molecule has 0 amide bonds. The zero-order valence-electron chi connectivity index (χ0n) is 11.1. The number of sulfone groups is 1. The third kappa shape index (κ3) is 5.16. The van der Waals surface area contributed by atoms with Gasteiger partial charge in [0.25, 0.3) is 0 Å². The molecule has 6 heteroatoms. The molecule has 0 atom stereocenters. The molecule has 0 unspecified atom stereocenters. The third-order valence-corrected chi connectivity index (χ3v) is 4.54. The summed E-state index contributed by atoms with van der Waals surface area (Å²) in [6.07, 6.45) is 0.882. The third-order valence-electron chi connectivity index (χ3n) is 2.75. The molecule has 2 N–H and O–H groups in total. The standard InChI is InChI=1S/C13H20FNO3S/c1-2-19(16,17)10-4-9-18-13-11(7-8-15)5-3-6-12(13)14/h3,5-6H,2,4,7-10,15H2,1H3. The number of benzene rings is 1. The van der Waals surface area contributed by atoms with E-state index in [4.69, 9.17) is 10.5 Å². The molecule has 19 heavy (non-hydrogen) atoms. The first kappa shape index (κ1) is 15.9. The van der Waals surface area contributed by atoms with Crippen LogP contribution in [0.2, 0.25) is 0 Å². The Labute approximate surface area is 113 Å². The van der Waals surface area contributed by atoms with Gasteiger partial charge >= 0.3 is 0 Å². The van der Waals surface area contributed by atoms with Crippen LogP contribution in [0.3, 0.4) is 0 Å². The van der Waals surface area contributed by atoms with E-state index in [1.807, 2.05) is 0 Å². The second kappa shape index (κ2) is 7.45. The zero-order valence-corrected chi connectivity index (χ0v) is 11.9. The van der Waals surface area contributed by atoms with Crippen LogP contribution in [0.5, 0.6) is 5.75 Å². The Balaban J connectivity index is 2.58. The topological polar surface area (TPSA) is 69.4 Å². The maximum Gasteiger partial charge on any atom is 0.165 e. The molecule has 1 aromatic carbocycles. The maximum absolute atomic E-state index is 13.6. The Hall–Kier alpha value is -1.14. The molecule has 108 valence electrons. The van der Waals surface area contributed by atoms with Crippen molar-refractivity contribution in [1.29, 1.82) is 0 Å². The number of nitrogens with two attached hydrogens (primary N) is 1. The van der Waals surface area contributed by atoms with E-state index < -0.39 is 15.7 Å². The smallest absolute Gasteiger partial charge is 0.165 e. The second-order valence-electron chi connectivity index (χ2n) is 4.21. The summed E-state index contributed by atoms with van der Waals surface area (Å²) in [5.74, 6) is -0.0823. The van der Waals surface area contributed by atoms with Gasteiger partial charge in [0.05, 0.1) is 12.4 Å². The predicted octanol–water partition coefficient (Wildman–Crippen LogP) is 1.53. The van der Waals surface area contributed by atoms with E-state index >= 15 is 0 Å². The van der Waals surface area contributed by atoms with Crippen molar-refractivity contribution in [1.82, 2.24) is 0 Å². The molecular weight excluding hydrogens is 269 g/mol. The summed E-state index contributed by atoms with van der Waals surface area (Å²) in [6, 6.07) is 4.68.